The summed E-state index contributed by atoms with van der Waals surface area (Å²) >= 11 is 5.91. The molecule has 1 aromatic carbocycles. The lowest BCUT2D eigenvalue weighted by molar-refractivity contribution is 0.152. The van der Waals surface area contributed by atoms with Gasteiger partial charge in [-0.2, -0.15) is 4.98 Å². The molecule has 0 bridgehead atoms. The molecule has 1 saturated heterocycles. The highest BCUT2D eigenvalue weighted by Crippen LogP contribution is 2.15. The van der Waals surface area contributed by atoms with Crippen molar-refractivity contribution in [2.75, 3.05) is 52.4 Å². The van der Waals surface area contributed by atoms with Gasteiger partial charge in [0.2, 0.25) is 5.89 Å². The van der Waals surface area contributed by atoms with E-state index in [1.165, 1.54) is 0 Å². The quantitative estimate of drug-likeness (QED) is 0.466. The van der Waals surface area contributed by atoms with Crippen LogP contribution < -0.4 is 10.1 Å². The topological polar surface area (TPSA) is 79.0 Å². The lowest BCUT2D eigenvalue weighted by Gasteiger charge is -2.36. The average molecular weight is 449 g/mol. The number of ether oxygens (including phenoxy) is 1. The fourth-order valence-electron chi connectivity index (χ4n) is 3.29. The fourth-order valence-corrected chi connectivity index (χ4v) is 3.42. The summed E-state index contributed by atoms with van der Waals surface area (Å²) in [6.45, 7) is 13.1. The molecule has 9 heteroatoms. The van der Waals surface area contributed by atoms with Gasteiger partial charge in [-0.1, -0.05) is 30.6 Å². The highest BCUT2D eigenvalue weighted by atomic mass is 35.5. The molecule has 1 aliphatic heterocycles. The molecule has 170 valence electrons. The first kappa shape index (κ1) is 23.3. The van der Waals surface area contributed by atoms with Crippen LogP contribution in [0.25, 0.3) is 0 Å². The van der Waals surface area contributed by atoms with E-state index < -0.39 is 0 Å². The number of benzene rings is 1. The van der Waals surface area contributed by atoms with Gasteiger partial charge in [0, 0.05) is 56.6 Å². The molecule has 31 heavy (non-hydrogen) atoms. The Bertz CT molecular complexity index is 816. The van der Waals surface area contributed by atoms with Gasteiger partial charge >= 0.3 is 0 Å². The molecule has 0 aliphatic carbocycles. The van der Waals surface area contributed by atoms with Crippen molar-refractivity contribution in [2.24, 2.45) is 4.99 Å². The van der Waals surface area contributed by atoms with Crippen molar-refractivity contribution in [2.45, 2.75) is 33.1 Å². The summed E-state index contributed by atoms with van der Waals surface area (Å²) in [6.07, 6.45) is 0.649. The lowest BCUT2D eigenvalue weighted by Crippen LogP contribution is -2.53. The molecule has 0 spiro atoms. The first-order valence-corrected chi connectivity index (χ1v) is 11.4. The predicted octanol–water partition coefficient (Wildman–Crippen LogP) is 3.05. The number of nitrogens with one attached hydrogen (secondary N) is 1. The maximum Gasteiger partial charge on any atom is 0.228 e. The van der Waals surface area contributed by atoms with Gasteiger partial charge < -0.3 is 19.5 Å². The summed E-state index contributed by atoms with van der Waals surface area (Å²) in [5, 5.41) is 8.14. The van der Waals surface area contributed by atoms with Crippen molar-refractivity contribution in [1.82, 2.24) is 25.3 Å². The Morgan fingerprint density at radius 3 is 2.61 bits per heavy atom. The van der Waals surface area contributed by atoms with Crippen LogP contribution in [0.2, 0.25) is 5.02 Å². The van der Waals surface area contributed by atoms with Gasteiger partial charge in [0.05, 0.1) is 6.54 Å². The minimum atomic E-state index is 0.270. The molecular weight excluding hydrogens is 416 g/mol. The van der Waals surface area contributed by atoms with Crippen molar-refractivity contribution < 1.29 is 9.26 Å². The zero-order chi connectivity index (χ0) is 22.1. The van der Waals surface area contributed by atoms with Crippen LogP contribution in [0.3, 0.4) is 0 Å². The summed E-state index contributed by atoms with van der Waals surface area (Å²) < 4.78 is 11.1. The predicted molar refractivity (Wildman–Crippen MR) is 123 cm³/mol. The van der Waals surface area contributed by atoms with E-state index in [-0.39, 0.29) is 5.92 Å². The second-order valence-electron chi connectivity index (χ2n) is 7.82. The molecule has 0 radical (unpaired) electrons. The van der Waals surface area contributed by atoms with E-state index in [9.17, 15) is 0 Å². The van der Waals surface area contributed by atoms with Crippen LogP contribution in [0.5, 0.6) is 5.75 Å². The van der Waals surface area contributed by atoms with E-state index in [0.29, 0.717) is 25.5 Å². The Labute approximate surface area is 189 Å². The SMILES string of the molecule is CCNC(=NCCc1nc(C(C)C)no1)N1CCN(CCOc2ccc(Cl)cc2)CC1. The van der Waals surface area contributed by atoms with Crippen LogP contribution in [0, 0.1) is 0 Å². The third-order valence-corrected chi connectivity index (χ3v) is 5.34. The van der Waals surface area contributed by atoms with Gasteiger partial charge in [0.15, 0.2) is 11.8 Å². The highest BCUT2D eigenvalue weighted by Gasteiger charge is 2.19. The Balaban J connectivity index is 1.41. The number of hydrogen-bond acceptors (Lipinski definition) is 6. The zero-order valence-corrected chi connectivity index (χ0v) is 19.4. The highest BCUT2D eigenvalue weighted by molar-refractivity contribution is 6.30. The molecule has 1 fully saturated rings. The van der Waals surface area contributed by atoms with E-state index in [1.807, 2.05) is 24.3 Å². The Hall–Kier alpha value is -2.32. The van der Waals surface area contributed by atoms with E-state index in [4.69, 9.17) is 25.9 Å². The summed E-state index contributed by atoms with van der Waals surface area (Å²) in [6, 6.07) is 7.49. The third kappa shape index (κ3) is 7.40. The van der Waals surface area contributed by atoms with Gasteiger partial charge in [-0.05, 0) is 31.2 Å². The van der Waals surface area contributed by atoms with Crippen LogP contribution >= 0.6 is 11.6 Å². The first-order chi connectivity index (χ1) is 15.0. The molecule has 0 unspecified atom stereocenters. The molecule has 3 rings (SSSR count). The molecule has 8 nitrogen and oxygen atoms in total. The number of halogens is 1. The van der Waals surface area contributed by atoms with E-state index in [0.717, 1.165) is 61.8 Å². The smallest absolute Gasteiger partial charge is 0.228 e. The number of nitrogens with zero attached hydrogens (tertiary/aromatic N) is 5. The summed E-state index contributed by atoms with van der Waals surface area (Å²) in [5.41, 5.74) is 0. The number of piperazine rings is 1. The molecule has 2 heterocycles. The van der Waals surface area contributed by atoms with Crippen LogP contribution in [0.1, 0.15) is 38.4 Å². The van der Waals surface area contributed by atoms with Crippen LogP contribution in [0.15, 0.2) is 33.8 Å². The van der Waals surface area contributed by atoms with Gasteiger partial charge in [-0.25, -0.2) is 0 Å². The first-order valence-electron chi connectivity index (χ1n) is 11.0. The van der Waals surface area contributed by atoms with Crippen LogP contribution in [-0.2, 0) is 6.42 Å². The number of aliphatic imine (C=N–C) groups is 1. The van der Waals surface area contributed by atoms with E-state index in [1.54, 1.807) is 0 Å². The number of rotatable bonds is 9. The van der Waals surface area contributed by atoms with Crippen molar-refractivity contribution in [3.8, 4) is 5.75 Å². The number of hydrogen-bond donors (Lipinski definition) is 1. The maximum absolute atomic E-state index is 5.91. The molecule has 1 N–H and O–H groups in total. The minimum absolute atomic E-state index is 0.270. The normalized spacial score (nSPS) is 15.5. The van der Waals surface area contributed by atoms with Crippen LogP contribution in [0.4, 0.5) is 0 Å². The van der Waals surface area contributed by atoms with Crippen molar-refractivity contribution in [1.29, 1.82) is 0 Å². The largest absolute Gasteiger partial charge is 0.492 e. The minimum Gasteiger partial charge on any atom is -0.492 e. The second-order valence-corrected chi connectivity index (χ2v) is 8.25. The molecule has 1 aliphatic rings. The summed E-state index contributed by atoms with van der Waals surface area (Å²) in [7, 11) is 0. The van der Waals surface area contributed by atoms with Crippen LogP contribution in [-0.4, -0.2) is 78.3 Å². The van der Waals surface area contributed by atoms with E-state index in [2.05, 4.69) is 46.0 Å². The lowest BCUT2D eigenvalue weighted by atomic mass is 10.2. The summed E-state index contributed by atoms with van der Waals surface area (Å²) in [4.78, 5) is 13.9. The number of aromatic nitrogens is 2. The molecule has 2 aromatic rings. The number of guanidine groups is 1. The Morgan fingerprint density at radius 1 is 1.23 bits per heavy atom. The average Bonchev–Trinajstić information content (AvgIpc) is 3.24. The van der Waals surface area contributed by atoms with Crippen molar-refractivity contribution in [3.63, 3.8) is 0 Å². The molecule has 0 amide bonds. The second kappa shape index (κ2) is 11.9. The summed E-state index contributed by atoms with van der Waals surface area (Å²) in [5.74, 6) is 3.47. The standard InChI is InChI=1S/C22H33ClN6O2/c1-4-24-22(25-10-9-20-26-21(17(2)3)27-31-20)29-13-11-28(12-14-29)15-16-30-19-7-5-18(23)6-8-19/h5-8,17H,4,9-16H2,1-3H3,(H,24,25). The molecule has 0 atom stereocenters. The van der Waals surface area contributed by atoms with Gasteiger partial charge in [0.25, 0.3) is 0 Å². The molecular formula is C22H33ClN6O2. The van der Waals surface area contributed by atoms with Crippen molar-refractivity contribution in [3.05, 3.63) is 41.0 Å². The van der Waals surface area contributed by atoms with Gasteiger partial charge in [-0.15, -0.1) is 0 Å². The zero-order valence-electron chi connectivity index (χ0n) is 18.7. The fraction of sp³-hybridized carbons (Fsp3) is 0.591. The van der Waals surface area contributed by atoms with Crippen molar-refractivity contribution >= 4 is 17.6 Å². The monoisotopic (exact) mass is 448 g/mol. The van der Waals surface area contributed by atoms with Gasteiger partial charge in [-0.3, -0.25) is 9.89 Å². The third-order valence-electron chi connectivity index (χ3n) is 5.08. The molecule has 1 aromatic heterocycles. The Kier molecular flexibility index (Phi) is 8.97. The Morgan fingerprint density at radius 2 is 1.97 bits per heavy atom. The van der Waals surface area contributed by atoms with E-state index >= 15 is 0 Å². The molecule has 0 saturated carbocycles. The van der Waals surface area contributed by atoms with Gasteiger partial charge in [0.1, 0.15) is 12.4 Å². The maximum atomic E-state index is 5.91.